The molecule has 4 aromatic heterocycles. The van der Waals surface area contributed by atoms with E-state index < -0.39 is 0 Å². The van der Waals surface area contributed by atoms with E-state index in [4.69, 9.17) is 17.7 Å². The summed E-state index contributed by atoms with van der Waals surface area (Å²) in [5.74, 6) is 0. The van der Waals surface area contributed by atoms with Crippen molar-refractivity contribution in [2.24, 2.45) is 0 Å². The van der Waals surface area contributed by atoms with E-state index in [9.17, 15) is 0 Å². The van der Waals surface area contributed by atoms with Crippen LogP contribution in [0.25, 0.3) is 132 Å². The van der Waals surface area contributed by atoms with Crippen LogP contribution in [0, 0.1) is 0 Å². The van der Waals surface area contributed by atoms with Gasteiger partial charge in [0.1, 0.15) is 33.5 Å². The standard InChI is InChI=1S/C76H43BN2O4/c1-3-18-45(19-4-1)50-34-36-56-52-25-9-15-32-68(52)82-75(56)73(50)78-62-40-58-54-27-11-13-30-66(54)80-70(58)42-60(62)77-61-43-71-59(55-28-12-14-31-67(55)81-71)41-63(61)79(65-39-47(38-64(78)72(65)77)49-29-17-23-44-22-7-8-24-48(44)49)74-51(46-20-5-2-6-21-46)35-37-57-53-26-10-16-33-69(53)83-76(57)74/h1-43H. The van der Waals surface area contributed by atoms with Gasteiger partial charge in [0.2, 0.25) is 0 Å². The number of para-hydroxylation sites is 4. The molecule has 7 heteroatoms. The van der Waals surface area contributed by atoms with Gasteiger partial charge in [0, 0.05) is 77.0 Å². The molecule has 0 bridgehead atoms. The fourth-order valence-electron chi connectivity index (χ4n) is 14.2. The first kappa shape index (κ1) is 44.8. The summed E-state index contributed by atoms with van der Waals surface area (Å²) in [5, 5.41) is 10.7. The highest BCUT2D eigenvalue weighted by Crippen LogP contribution is 2.55. The van der Waals surface area contributed by atoms with Crippen LogP contribution in [-0.4, -0.2) is 6.71 Å². The molecule has 0 unspecified atom stereocenters. The quantitative estimate of drug-likeness (QED) is 0.160. The molecule has 0 radical (unpaired) electrons. The number of hydrogen-bond donors (Lipinski definition) is 0. The second-order valence-electron chi connectivity index (χ2n) is 22.2. The third kappa shape index (κ3) is 6.28. The van der Waals surface area contributed by atoms with Gasteiger partial charge in [0.25, 0.3) is 6.71 Å². The maximum atomic E-state index is 7.31. The van der Waals surface area contributed by atoms with Gasteiger partial charge in [-0.05, 0) is 122 Å². The van der Waals surface area contributed by atoms with Gasteiger partial charge in [-0.15, -0.1) is 0 Å². The summed E-state index contributed by atoms with van der Waals surface area (Å²) in [4.78, 5) is 5.08. The SMILES string of the molecule is c1ccc(-c2ccc3c(oc4ccccc43)c2N2c3cc4c(cc3B3c5cc6oc7ccccc7c6cc5N(c5c(-c6ccccc6)ccc6c5oc5ccccc56)c5cc(-c6cccc7ccccc67)cc2c53)oc2ccccc24)cc1. The third-order valence-corrected chi connectivity index (χ3v) is 17.8. The first-order valence-electron chi connectivity index (χ1n) is 28.3. The monoisotopic (exact) mass is 1060 g/mol. The zero-order chi connectivity index (χ0) is 54.0. The van der Waals surface area contributed by atoms with Crippen LogP contribution < -0.4 is 26.2 Å². The van der Waals surface area contributed by atoms with Gasteiger partial charge in [0.15, 0.2) is 11.2 Å². The van der Waals surface area contributed by atoms with Crippen molar-refractivity contribution in [1.29, 1.82) is 0 Å². The highest BCUT2D eigenvalue weighted by molar-refractivity contribution is 7.00. The number of benzene rings is 13. The molecule has 13 aromatic carbocycles. The number of furan rings is 4. The summed E-state index contributed by atoms with van der Waals surface area (Å²) in [6, 6.07) is 94.0. The summed E-state index contributed by atoms with van der Waals surface area (Å²) in [5.41, 5.74) is 22.3. The minimum atomic E-state index is -0.334. The highest BCUT2D eigenvalue weighted by Gasteiger charge is 2.47. The summed E-state index contributed by atoms with van der Waals surface area (Å²) < 4.78 is 28.5. The first-order valence-corrected chi connectivity index (χ1v) is 28.3. The number of nitrogens with zero attached hydrogens (tertiary/aromatic N) is 2. The predicted octanol–water partition coefficient (Wildman–Crippen LogP) is 19.5. The van der Waals surface area contributed by atoms with Crippen LogP contribution in [0.2, 0.25) is 0 Å². The Hall–Kier alpha value is -11.0. The third-order valence-electron chi connectivity index (χ3n) is 17.8. The van der Waals surface area contributed by atoms with E-state index >= 15 is 0 Å². The van der Waals surface area contributed by atoms with E-state index in [-0.39, 0.29) is 6.71 Å². The van der Waals surface area contributed by atoms with E-state index in [1.54, 1.807) is 0 Å². The second-order valence-corrected chi connectivity index (χ2v) is 22.2. The summed E-state index contributed by atoms with van der Waals surface area (Å²) in [7, 11) is 0. The minimum absolute atomic E-state index is 0.334. The molecule has 17 aromatic rings. The molecule has 6 nitrogen and oxygen atoms in total. The average Bonchev–Trinajstić information content (AvgIpc) is 2.48. The van der Waals surface area contributed by atoms with E-state index in [1.807, 2.05) is 0 Å². The van der Waals surface area contributed by atoms with Crippen LogP contribution in [0.15, 0.2) is 279 Å². The lowest BCUT2D eigenvalue weighted by Gasteiger charge is -2.45. The molecule has 0 atom stereocenters. The van der Waals surface area contributed by atoms with Gasteiger partial charge < -0.3 is 27.5 Å². The van der Waals surface area contributed by atoms with Gasteiger partial charge >= 0.3 is 0 Å². The Bertz CT molecular complexity index is 5310. The Balaban J connectivity index is 1.04. The molecule has 19 rings (SSSR count). The van der Waals surface area contributed by atoms with Crippen molar-refractivity contribution in [1.82, 2.24) is 0 Å². The minimum Gasteiger partial charge on any atom is -0.456 e. The van der Waals surface area contributed by atoms with Crippen LogP contribution in [0.5, 0.6) is 0 Å². The van der Waals surface area contributed by atoms with Crippen molar-refractivity contribution in [3.8, 4) is 33.4 Å². The molecule has 0 amide bonds. The van der Waals surface area contributed by atoms with Crippen LogP contribution in [0.3, 0.4) is 0 Å². The smallest absolute Gasteiger partial charge is 0.252 e. The molecule has 2 aliphatic rings. The fourth-order valence-corrected chi connectivity index (χ4v) is 14.2. The number of hydrogen-bond acceptors (Lipinski definition) is 6. The largest absolute Gasteiger partial charge is 0.456 e. The number of fused-ring (bicyclic) bond motifs is 17. The van der Waals surface area contributed by atoms with Crippen LogP contribution >= 0.6 is 0 Å². The van der Waals surface area contributed by atoms with Crippen molar-refractivity contribution in [2.45, 2.75) is 0 Å². The van der Waals surface area contributed by atoms with Crippen molar-refractivity contribution in [2.75, 3.05) is 9.80 Å². The van der Waals surface area contributed by atoms with Crippen molar-refractivity contribution < 1.29 is 17.7 Å². The Labute approximate surface area is 474 Å². The molecule has 0 N–H and O–H groups in total. The predicted molar refractivity (Wildman–Crippen MR) is 343 cm³/mol. The molecule has 0 saturated carbocycles. The van der Waals surface area contributed by atoms with E-state index in [1.165, 1.54) is 5.39 Å². The number of rotatable bonds is 5. The van der Waals surface area contributed by atoms with E-state index in [0.29, 0.717) is 0 Å². The zero-order valence-electron chi connectivity index (χ0n) is 44.4. The van der Waals surface area contributed by atoms with E-state index in [0.717, 1.165) is 177 Å². The van der Waals surface area contributed by atoms with Crippen molar-refractivity contribution in [3.63, 3.8) is 0 Å². The van der Waals surface area contributed by atoms with Gasteiger partial charge in [-0.3, -0.25) is 0 Å². The molecule has 0 fully saturated rings. The maximum absolute atomic E-state index is 7.31. The highest BCUT2D eigenvalue weighted by atomic mass is 16.3. The second kappa shape index (κ2) is 16.8. The Morgan fingerprint density at radius 3 is 1.16 bits per heavy atom. The summed E-state index contributed by atoms with van der Waals surface area (Å²) in [6.45, 7) is -0.334. The Morgan fingerprint density at radius 1 is 0.253 bits per heavy atom. The number of anilines is 6. The zero-order valence-corrected chi connectivity index (χ0v) is 44.4. The van der Waals surface area contributed by atoms with Gasteiger partial charge in [-0.1, -0.05) is 188 Å². The fraction of sp³-hybridized carbons (Fsp3) is 0. The lowest BCUT2D eigenvalue weighted by Crippen LogP contribution is -2.61. The molecule has 0 spiro atoms. The van der Waals surface area contributed by atoms with Crippen molar-refractivity contribution in [3.05, 3.63) is 261 Å². The summed E-state index contributed by atoms with van der Waals surface area (Å²) in [6.07, 6.45) is 0. The molecule has 0 saturated heterocycles. The molecular formula is C76H43BN2O4. The van der Waals surface area contributed by atoms with Gasteiger partial charge in [-0.2, -0.15) is 0 Å². The lowest BCUT2D eigenvalue weighted by atomic mass is 9.33. The maximum Gasteiger partial charge on any atom is 0.252 e. The van der Waals surface area contributed by atoms with Crippen LogP contribution in [0.1, 0.15) is 0 Å². The summed E-state index contributed by atoms with van der Waals surface area (Å²) >= 11 is 0. The Kier molecular flexibility index (Phi) is 9.05. The lowest BCUT2D eigenvalue weighted by molar-refractivity contribution is 0.668. The van der Waals surface area contributed by atoms with Crippen LogP contribution in [-0.2, 0) is 0 Å². The van der Waals surface area contributed by atoms with Gasteiger partial charge in [-0.25, -0.2) is 0 Å². The van der Waals surface area contributed by atoms with E-state index in [2.05, 4.69) is 271 Å². The normalized spacial score (nSPS) is 13.0. The van der Waals surface area contributed by atoms with Crippen molar-refractivity contribution >= 4 is 156 Å². The Morgan fingerprint density at radius 2 is 0.663 bits per heavy atom. The average molecular weight is 1060 g/mol. The first-order chi connectivity index (χ1) is 41.2. The molecule has 0 aliphatic carbocycles. The molecule has 384 valence electrons. The molecule has 6 heterocycles. The van der Waals surface area contributed by atoms with Gasteiger partial charge in [0.05, 0.1) is 11.4 Å². The topological polar surface area (TPSA) is 59.0 Å². The van der Waals surface area contributed by atoms with Crippen LogP contribution in [0.4, 0.5) is 34.1 Å². The molecule has 83 heavy (non-hydrogen) atoms. The molecular weight excluding hydrogens is 1020 g/mol. The molecule has 2 aliphatic heterocycles.